The van der Waals surface area contributed by atoms with Crippen molar-refractivity contribution >= 4 is 52.1 Å². The number of hydrogen-bond acceptors (Lipinski definition) is 6. The molecule has 2 fully saturated rings. The molecule has 2 saturated heterocycles. The van der Waals surface area contributed by atoms with Crippen LogP contribution in [0.4, 0.5) is 5.69 Å². The number of halogens is 1. The Labute approximate surface area is 236 Å². The highest BCUT2D eigenvalue weighted by Crippen LogP contribution is 2.33. The lowest BCUT2D eigenvalue weighted by molar-refractivity contribution is -0.115. The molecule has 2 aliphatic heterocycles. The second-order valence-corrected chi connectivity index (χ2v) is 10.7. The fraction of sp³-hybridized carbons (Fsp3) is 0.233. The van der Waals surface area contributed by atoms with Crippen LogP contribution in [0, 0.1) is 0 Å². The Hall–Kier alpha value is -3.75. The van der Waals surface area contributed by atoms with Crippen molar-refractivity contribution in [1.82, 2.24) is 10.2 Å². The number of methoxy groups -OCH3 is 1. The molecule has 200 valence electrons. The van der Waals surface area contributed by atoms with E-state index < -0.39 is 0 Å². The van der Waals surface area contributed by atoms with Gasteiger partial charge in [0, 0.05) is 23.7 Å². The third-order valence-electron chi connectivity index (χ3n) is 6.43. The van der Waals surface area contributed by atoms with Crippen LogP contribution >= 0.6 is 23.4 Å². The van der Waals surface area contributed by atoms with Crippen LogP contribution in [0.5, 0.6) is 11.5 Å². The maximum Gasteiger partial charge on any atom is 0.264 e. The summed E-state index contributed by atoms with van der Waals surface area (Å²) < 4.78 is 11.6. The number of likely N-dealkylation sites (tertiary alicyclic amines) is 1. The molecule has 1 N–H and O–H groups in total. The SMILES string of the molecule is COc1cc(/C=C2\SC(=Nc3ccc(Cl)cc3)NC2=O)ccc1OCc1ccc(C(=O)N2CCCCC2)cc1. The fourth-order valence-corrected chi connectivity index (χ4v) is 5.31. The minimum atomic E-state index is -0.214. The smallest absolute Gasteiger partial charge is 0.264 e. The third-order valence-corrected chi connectivity index (χ3v) is 7.59. The van der Waals surface area contributed by atoms with Crippen molar-refractivity contribution < 1.29 is 19.1 Å². The molecule has 0 aromatic heterocycles. The highest BCUT2D eigenvalue weighted by atomic mass is 35.5. The largest absolute Gasteiger partial charge is 0.493 e. The van der Waals surface area contributed by atoms with Crippen molar-refractivity contribution in [3.63, 3.8) is 0 Å². The van der Waals surface area contributed by atoms with Crippen LogP contribution in [-0.4, -0.2) is 42.1 Å². The number of nitrogens with zero attached hydrogens (tertiary/aromatic N) is 2. The molecule has 7 nitrogen and oxygen atoms in total. The molecule has 0 saturated carbocycles. The topological polar surface area (TPSA) is 80.2 Å². The Morgan fingerprint density at radius 2 is 1.77 bits per heavy atom. The van der Waals surface area contributed by atoms with Crippen LogP contribution in [-0.2, 0) is 11.4 Å². The molecule has 0 spiro atoms. The number of rotatable bonds is 7. The summed E-state index contributed by atoms with van der Waals surface area (Å²) >= 11 is 7.20. The standard InChI is InChI=1S/C30H28ClN3O4S/c1-37-26-17-21(18-27-28(35)33-30(39-27)32-24-12-10-23(31)11-13-24)7-14-25(26)38-19-20-5-8-22(9-6-20)29(36)34-15-3-2-4-16-34/h5-14,17-18H,2-4,15-16,19H2,1H3,(H,32,33,35)/b27-18-. The second-order valence-electron chi connectivity index (χ2n) is 9.21. The summed E-state index contributed by atoms with van der Waals surface area (Å²) in [4.78, 5) is 32.1. The molecule has 0 unspecified atom stereocenters. The van der Waals surface area contributed by atoms with Crippen molar-refractivity contribution in [2.75, 3.05) is 20.2 Å². The Bertz CT molecular complexity index is 1420. The number of amides is 2. The summed E-state index contributed by atoms with van der Waals surface area (Å²) in [5.41, 5.74) is 3.15. The first kappa shape index (κ1) is 26.8. The number of ether oxygens (including phenoxy) is 2. The predicted molar refractivity (Wildman–Crippen MR) is 156 cm³/mol. The van der Waals surface area contributed by atoms with Gasteiger partial charge in [0.15, 0.2) is 16.7 Å². The van der Waals surface area contributed by atoms with Gasteiger partial charge < -0.3 is 19.7 Å². The molecule has 0 aliphatic carbocycles. The number of aliphatic imine (C=N–C) groups is 1. The first-order valence-corrected chi connectivity index (χ1v) is 13.9. The average molecular weight is 562 g/mol. The van der Waals surface area contributed by atoms with E-state index in [0.29, 0.717) is 44.5 Å². The summed E-state index contributed by atoms with van der Waals surface area (Å²) in [5, 5.41) is 3.92. The Balaban J connectivity index is 1.22. The van der Waals surface area contributed by atoms with E-state index in [2.05, 4.69) is 10.3 Å². The first-order chi connectivity index (χ1) is 19.0. The van der Waals surface area contributed by atoms with E-state index in [0.717, 1.165) is 37.1 Å². The summed E-state index contributed by atoms with van der Waals surface area (Å²) in [6, 6.07) is 20.1. The number of nitrogens with one attached hydrogen (secondary N) is 1. The van der Waals surface area contributed by atoms with E-state index in [9.17, 15) is 9.59 Å². The highest BCUT2D eigenvalue weighted by molar-refractivity contribution is 8.18. The summed E-state index contributed by atoms with van der Waals surface area (Å²) in [7, 11) is 1.58. The molecular formula is C30H28ClN3O4S. The minimum absolute atomic E-state index is 0.0889. The molecule has 3 aromatic rings. The van der Waals surface area contributed by atoms with Gasteiger partial charge in [-0.15, -0.1) is 0 Å². The molecule has 0 atom stereocenters. The zero-order valence-electron chi connectivity index (χ0n) is 21.5. The monoisotopic (exact) mass is 561 g/mol. The maximum atomic E-state index is 12.7. The van der Waals surface area contributed by atoms with Gasteiger partial charge in [-0.05, 0) is 96.8 Å². The van der Waals surface area contributed by atoms with Gasteiger partial charge in [0.2, 0.25) is 0 Å². The fourth-order valence-electron chi connectivity index (χ4n) is 4.34. The van der Waals surface area contributed by atoms with Crippen molar-refractivity contribution in [3.8, 4) is 11.5 Å². The number of amidine groups is 1. The van der Waals surface area contributed by atoms with Crippen molar-refractivity contribution in [3.05, 3.63) is 93.3 Å². The molecular weight excluding hydrogens is 534 g/mol. The van der Waals surface area contributed by atoms with E-state index in [1.54, 1.807) is 37.5 Å². The number of thioether (sulfide) groups is 1. The van der Waals surface area contributed by atoms with Crippen LogP contribution in [0.2, 0.25) is 5.02 Å². The van der Waals surface area contributed by atoms with Gasteiger partial charge in [0.25, 0.3) is 11.8 Å². The molecule has 2 aliphatic rings. The van der Waals surface area contributed by atoms with Gasteiger partial charge in [-0.2, -0.15) is 0 Å². The summed E-state index contributed by atoms with van der Waals surface area (Å²) in [6.07, 6.45) is 5.12. The zero-order valence-corrected chi connectivity index (χ0v) is 23.1. The summed E-state index contributed by atoms with van der Waals surface area (Å²) in [6.45, 7) is 1.99. The summed E-state index contributed by atoms with van der Waals surface area (Å²) in [5.74, 6) is 1.02. The van der Waals surface area contributed by atoms with Gasteiger partial charge in [-0.25, -0.2) is 4.99 Å². The van der Waals surface area contributed by atoms with Crippen LogP contribution in [0.3, 0.4) is 0 Å². The molecule has 9 heteroatoms. The Morgan fingerprint density at radius 1 is 1.03 bits per heavy atom. The molecule has 0 bridgehead atoms. The first-order valence-electron chi connectivity index (χ1n) is 12.7. The van der Waals surface area contributed by atoms with Gasteiger partial charge in [-0.1, -0.05) is 29.8 Å². The molecule has 39 heavy (non-hydrogen) atoms. The Kier molecular flexibility index (Phi) is 8.54. The van der Waals surface area contributed by atoms with Gasteiger partial charge in [-0.3, -0.25) is 9.59 Å². The Morgan fingerprint density at radius 3 is 2.49 bits per heavy atom. The molecule has 5 rings (SSSR count). The molecule has 0 radical (unpaired) electrons. The van der Waals surface area contributed by atoms with Crippen molar-refractivity contribution in [2.24, 2.45) is 4.99 Å². The maximum absolute atomic E-state index is 12.7. The van der Waals surface area contributed by atoms with E-state index in [1.165, 1.54) is 18.2 Å². The average Bonchev–Trinajstić information content (AvgIpc) is 3.31. The van der Waals surface area contributed by atoms with Crippen molar-refractivity contribution in [2.45, 2.75) is 25.9 Å². The lowest BCUT2D eigenvalue weighted by atomic mass is 10.1. The lowest BCUT2D eigenvalue weighted by Crippen LogP contribution is -2.35. The third kappa shape index (κ3) is 6.82. The van der Waals surface area contributed by atoms with Crippen LogP contribution in [0.1, 0.15) is 40.7 Å². The van der Waals surface area contributed by atoms with Crippen molar-refractivity contribution in [1.29, 1.82) is 0 Å². The lowest BCUT2D eigenvalue weighted by Gasteiger charge is -2.26. The van der Waals surface area contributed by atoms with Gasteiger partial charge >= 0.3 is 0 Å². The molecule has 2 heterocycles. The van der Waals surface area contributed by atoms with Gasteiger partial charge in [0.05, 0.1) is 17.7 Å². The second kappa shape index (κ2) is 12.4. The number of carbonyl (C=O) groups is 2. The van der Waals surface area contributed by atoms with E-state index in [-0.39, 0.29) is 11.8 Å². The number of benzene rings is 3. The number of carbonyl (C=O) groups excluding carboxylic acids is 2. The van der Waals surface area contributed by atoms with Crippen LogP contribution in [0.15, 0.2) is 76.6 Å². The van der Waals surface area contributed by atoms with Gasteiger partial charge in [0.1, 0.15) is 6.61 Å². The number of hydrogen-bond donors (Lipinski definition) is 1. The molecule has 3 aromatic carbocycles. The quantitative estimate of drug-likeness (QED) is 0.336. The van der Waals surface area contributed by atoms with E-state index >= 15 is 0 Å². The highest BCUT2D eigenvalue weighted by Gasteiger charge is 2.24. The molecule has 2 amide bonds. The van der Waals surface area contributed by atoms with Crippen LogP contribution < -0.4 is 14.8 Å². The van der Waals surface area contributed by atoms with Crippen LogP contribution in [0.25, 0.3) is 6.08 Å². The normalized spacial score (nSPS) is 17.4. The van der Waals surface area contributed by atoms with E-state index in [4.69, 9.17) is 21.1 Å². The zero-order chi connectivity index (χ0) is 27.2. The van der Waals surface area contributed by atoms with E-state index in [1.807, 2.05) is 47.4 Å². The number of piperidine rings is 1. The minimum Gasteiger partial charge on any atom is -0.493 e. The predicted octanol–water partition coefficient (Wildman–Crippen LogP) is 6.45.